The summed E-state index contributed by atoms with van der Waals surface area (Å²) in [6.45, 7) is 36.6. The van der Waals surface area contributed by atoms with Gasteiger partial charge in [0.2, 0.25) is 0 Å². The van der Waals surface area contributed by atoms with Crippen molar-refractivity contribution in [3.63, 3.8) is 0 Å². The van der Waals surface area contributed by atoms with E-state index in [1.54, 1.807) is 107 Å². The smallest absolute Gasteiger partial charge is 0.496 e. The molecule has 4 fully saturated rings. The number of anilines is 6. The molecule has 6 atom stereocenters. The normalized spacial score (nSPS) is 17.5. The number of ether oxygens (including phenoxy) is 8. The molecular weight excluding hydrogens is 1820 g/mol. The predicted octanol–water partition coefficient (Wildman–Crippen LogP) is 19.7. The van der Waals surface area contributed by atoms with Gasteiger partial charge in [-0.1, -0.05) is 69.6 Å². The largest absolute Gasteiger partial charge is 0.496 e. The molecule has 4 saturated heterocycles. The average Bonchev–Trinajstić information content (AvgIpc) is 1.58. The van der Waals surface area contributed by atoms with Gasteiger partial charge in [-0.2, -0.15) is 0 Å². The van der Waals surface area contributed by atoms with Crippen molar-refractivity contribution in [2.75, 3.05) is 112 Å². The van der Waals surface area contributed by atoms with Crippen molar-refractivity contribution in [1.29, 1.82) is 0 Å². The average molecular weight is 1930 g/mol. The van der Waals surface area contributed by atoms with Crippen LogP contribution in [0.4, 0.5) is 57.7 Å². The van der Waals surface area contributed by atoms with Crippen molar-refractivity contribution in [1.82, 2.24) is 45.0 Å². The second-order valence-electron chi connectivity index (χ2n) is 33.4. The van der Waals surface area contributed by atoms with Crippen LogP contribution >= 0.6 is 85.5 Å². The van der Waals surface area contributed by atoms with Gasteiger partial charge in [0.25, 0.3) is 0 Å². The van der Waals surface area contributed by atoms with Crippen LogP contribution in [0.25, 0.3) is 22.3 Å². The lowest BCUT2D eigenvalue weighted by Crippen LogP contribution is -2.54. The Morgan fingerprint density at radius 3 is 1.20 bits per heavy atom. The number of rotatable bonds is 18. The van der Waals surface area contributed by atoms with Crippen LogP contribution in [-0.4, -0.2) is 180 Å². The van der Waals surface area contributed by atoms with E-state index in [0.717, 1.165) is 47.1 Å². The lowest BCUT2D eigenvalue weighted by molar-refractivity contribution is 0.00578. The van der Waals surface area contributed by atoms with E-state index in [1.165, 1.54) is 36.4 Å². The van der Waals surface area contributed by atoms with Gasteiger partial charge in [0.05, 0.1) is 52.1 Å². The van der Waals surface area contributed by atoms with E-state index < -0.39 is 65.3 Å². The summed E-state index contributed by atoms with van der Waals surface area (Å²) >= 11 is 40.5. The number of hydrogen-bond acceptors (Lipinski definition) is 25. The molecule has 9 aromatic rings. The van der Waals surface area contributed by atoms with Gasteiger partial charge in [-0.15, -0.1) is 0 Å². The van der Waals surface area contributed by atoms with Crippen LogP contribution < -0.4 is 71.1 Å². The van der Waals surface area contributed by atoms with Crippen molar-refractivity contribution < 1.29 is 70.0 Å². The lowest BCUT2D eigenvalue weighted by Gasteiger charge is -2.40. The predicted molar refractivity (Wildman–Crippen MR) is 495 cm³/mol. The molecule has 0 aliphatic carbocycles. The van der Waals surface area contributed by atoms with Crippen LogP contribution in [0.5, 0.6) is 34.5 Å². The molecule has 38 heteroatoms. The first-order chi connectivity index (χ1) is 59.2. The van der Waals surface area contributed by atoms with Crippen molar-refractivity contribution in [3.05, 3.63) is 179 Å². The standard InChI is InChI=1S/C29H34Cl2FN5O4.C24H26Cl2FN5O2.C19H22BCl2FN2O3.C16H24BrN3O3/c1-16-15-36(28(38)41-29(3,4)5)9-10-37(16)24-12-22(39-6)19(14-34-24)18-11-23(27(33)35-13-18)40-17(2)25-20(30)7-8-21(32)26(25)31;1-13-10-29-6-7-32(13)21-9-19(33-3)16(12-30-21)15-8-20(24(28)31-11-15)34-14(2)22-17(25)4-5-18(27)23(22)26;1-10(15-12(21)6-7-13(23)16(15)22)26-14-8-11(9-25-17(14)24)20-27-18(2,3)19(4,5)28-20;1-11-10-19(15(21)23-16(2,3)4)6-7-20(11)14-8-13(22-5)12(17)9-18-14/h7-8,11-14,16-17H,9-10,15H2,1-6H3,(H2,33,35);4-5,8-9,11-14,29H,6-7,10H2,1-3H3,(H2,28,31);6-10H,1-5H3,(H2,24,25);8-9,11H,6-7,10H2,1-5H3/t16-,17+;13-,14+;10-;11-/m0010/s1. The molecule has 0 spiro atoms. The Morgan fingerprint density at radius 2 is 0.841 bits per heavy atom. The minimum atomic E-state index is -0.715. The summed E-state index contributed by atoms with van der Waals surface area (Å²) in [6.07, 6.45) is 7.36. The fourth-order valence-electron chi connectivity index (χ4n) is 14.0. The van der Waals surface area contributed by atoms with Gasteiger partial charge < -0.3 is 94.2 Å². The Labute approximate surface area is 772 Å². The number of nitrogen functional groups attached to an aromatic ring is 3. The molecule has 6 aromatic heterocycles. The third-order valence-corrected chi connectivity index (χ3v) is 24.0. The molecule has 678 valence electrons. The number of nitrogens with one attached hydrogen (secondary N) is 1. The fourth-order valence-corrected chi connectivity index (χ4v) is 16.4. The monoisotopic (exact) mass is 1920 g/mol. The number of aromatic nitrogens is 6. The number of pyridine rings is 6. The van der Waals surface area contributed by atoms with Crippen molar-refractivity contribution >= 4 is 145 Å². The number of carbonyl (C=O) groups is 2. The van der Waals surface area contributed by atoms with Gasteiger partial charge in [-0.3, -0.25) is 0 Å². The van der Waals surface area contributed by atoms with Crippen LogP contribution in [0, 0.1) is 17.5 Å². The highest BCUT2D eigenvalue weighted by atomic mass is 79.9. The highest BCUT2D eigenvalue weighted by Crippen LogP contribution is 2.45. The van der Waals surface area contributed by atoms with Crippen LogP contribution in [0.1, 0.15) is 146 Å². The van der Waals surface area contributed by atoms with Gasteiger partial charge in [-0.25, -0.2) is 52.7 Å². The highest BCUT2D eigenvalue weighted by Gasteiger charge is 2.52. The number of hydrogen-bond donors (Lipinski definition) is 4. The van der Waals surface area contributed by atoms with E-state index in [-0.39, 0.29) is 67.6 Å². The number of nitrogens with two attached hydrogens (primary N) is 3. The highest BCUT2D eigenvalue weighted by molar-refractivity contribution is 9.10. The van der Waals surface area contributed by atoms with Crippen LogP contribution in [0.3, 0.4) is 0 Å². The number of methoxy groups -OCH3 is 3. The van der Waals surface area contributed by atoms with Crippen molar-refractivity contribution in [2.45, 2.75) is 170 Å². The SMILES string of the molecule is COc1cc(N2CCN(C(=O)OC(C)(C)C)C[C@@H]2C)ncc1-c1cnc(N)c(O[C@H](C)c2c(Cl)ccc(F)c2Cl)c1.COc1cc(N2CCN(C(=O)OC(C)(C)C)C[C@@H]2C)ncc1Br.COc1cc(N2CCNC[C@@H]2C)ncc1-c1cnc(N)c(O[C@H](C)c2c(Cl)ccc(F)c2Cl)c1.C[C@@H](Oc1cc(B2OC(C)(C)C(C)(C)O2)cnc1N)c1c(Cl)ccc(F)c1Cl. The van der Waals surface area contributed by atoms with E-state index in [1.807, 2.05) is 94.4 Å². The Kier molecular flexibility index (Phi) is 32.8. The summed E-state index contributed by atoms with van der Waals surface area (Å²) in [5.74, 6) is 4.00. The Hall–Kier alpha value is -9.35. The van der Waals surface area contributed by atoms with Crippen LogP contribution in [0.15, 0.2) is 114 Å². The number of benzene rings is 3. The number of halogens is 10. The summed E-state index contributed by atoms with van der Waals surface area (Å²) in [6, 6.07) is 19.2. The van der Waals surface area contributed by atoms with Gasteiger partial charge >= 0.3 is 19.3 Å². The Bertz CT molecular complexity index is 5370. The second-order valence-corrected chi connectivity index (χ2v) is 36.6. The number of piperazine rings is 3. The van der Waals surface area contributed by atoms with Crippen molar-refractivity contribution in [3.8, 4) is 56.8 Å². The quantitative estimate of drug-likeness (QED) is 0.0458. The fraction of sp³-hybridized carbons (Fsp3) is 0.432. The second kappa shape index (κ2) is 41.8. The number of carbonyl (C=O) groups excluding carboxylic acids is 2. The lowest BCUT2D eigenvalue weighted by atomic mass is 9.80. The van der Waals surface area contributed by atoms with Crippen molar-refractivity contribution in [2.24, 2.45) is 0 Å². The maximum absolute atomic E-state index is 14.1. The topological polar surface area (TPSA) is 310 Å². The zero-order valence-electron chi connectivity index (χ0n) is 73.6. The third kappa shape index (κ3) is 24.1. The molecule has 27 nitrogen and oxygen atoms in total. The van der Waals surface area contributed by atoms with Gasteiger partial charge in [-0.05, 0) is 181 Å². The maximum Gasteiger partial charge on any atom is 0.496 e. The first kappa shape index (κ1) is 98.8. The molecular formula is C88H106BBrCl6F3N15O12. The van der Waals surface area contributed by atoms with E-state index >= 15 is 0 Å². The number of amides is 2. The van der Waals surface area contributed by atoms with Gasteiger partial charge in [0.1, 0.15) is 81.7 Å². The van der Waals surface area contributed by atoms with Crippen LogP contribution in [-0.2, 0) is 18.8 Å². The van der Waals surface area contributed by atoms with Gasteiger partial charge in [0, 0.05) is 192 Å². The molecule has 4 aliphatic rings. The summed E-state index contributed by atoms with van der Waals surface area (Å²) in [7, 11) is 4.21. The summed E-state index contributed by atoms with van der Waals surface area (Å²) in [5.41, 5.74) is 20.5. The minimum Gasteiger partial charge on any atom is -0.496 e. The molecule has 13 rings (SSSR count). The summed E-state index contributed by atoms with van der Waals surface area (Å²) < 4.78 is 100. The molecule has 10 heterocycles. The molecule has 4 aliphatic heterocycles. The molecule has 0 radical (unpaired) electrons. The number of nitrogens with zero attached hydrogens (tertiary/aromatic N) is 11. The Balaban J connectivity index is 0.000000179. The first-order valence-corrected chi connectivity index (χ1v) is 43.6. The first-order valence-electron chi connectivity index (χ1n) is 40.5. The zero-order valence-corrected chi connectivity index (χ0v) is 79.7. The van der Waals surface area contributed by atoms with Gasteiger partial charge in [0.15, 0.2) is 34.7 Å². The molecule has 126 heavy (non-hydrogen) atoms. The third-order valence-electron chi connectivity index (χ3n) is 21.3. The summed E-state index contributed by atoms with van der Waals surface area (Å²) in [5, 5.41) is 3.95. The Morgan fingerprint density at radius 1 is 0.492 bits per heavy atom. The maximum atomic E-state index is 14.1. The van der Waals surface area contributed by atoms with E-state index in [4.69, 9.17) is 139 Å². The molecule has 0 unspecified atom stereocenters. The van der Waals surface area contributed by atoms with Crippen LogP contribution in [0.2, 0.25) is 30.1 Å². The molecule has 2 amide bonds. The van der Waals surface area contributed by atoms with E-state index in [0.29, 0.717) is 123 Å². The molecule has 7 N–H and O–H groups in total. The molecule has 3 aromatic carbocycles. The summed E-state index contributed by atoms with van der Waals surface area (Å²) in [4.78, 5) is 61.3. The van der Waals surface area contributed by atoms with E-state index in [9.17, 15) is 22.8 Å². The van der Waals surface area contributed by atoms with E-state index in [2.05, 4.69) is 74.7 Å². The molecule has 0 saturated carbocycles. The minimum absolute atomic E-state index is 0.000441. The molecule has 0 bridgehead atoms. The zero-order chi connectivity index (χ0) is 92.5.